The van der Waals surface area contributed by atoms with E-state index < -0.39 is 20.8 Å². The number of rotatable bonds is 0. The maximum Gasteiger partial charge on any atom is 1.00 e. The number of halogens is 3. The maximum absolute atomic E-state index is 11.8. The normalized spacial score (nSPS) is 10.8. The van der Waals surface area contributed by atoms with Gasteiger partial charge in [0, 0.05) is 11.2 Å². The van der Waals surface area contributed by atoms with Crippen molar-refractivity contribution in [1.82, 2.24) is 0 Å². The zero-order valence-corrected chi connectivity index (χ0v) is 11.7. The zero-order chi connectivity index (χ0) is 12.1. The Bertz CT molecular complexity index is 383. The minimum absolute atomic E-state index is 0. The van der Waals surface area contributed by atoms with Gasteiger partial charge in [0.1, 0.15) is 0 Å². The molecule has 3 nitrogen and oxygen atoms in total. The minimum Gasteiger partial charge on any atom is -0.285 e. The number of hydrogen-bond acceptors (Lipinski definition) is 2. The van der Waals surface area contributed by atoms with Crippen molar-refractivity contribution in [3.8, 4) is 0 Å². The van der Waals surface area contributed by atoms with Crippen molar-refractivity contribution in [1.29, 1.82) is 0 Å². The average Bonchev–Trinajstić information content (AvgIpc) is 2.01. The molecule has 9 heteroatoms. The third-order valence-electron chi connectivity index (χ3n) is 1.05. The first kappa shape index (κ1) is 18.7. The summed E-state index contributed by atoms with van der Waals surface area (Å²) in [6, 6.07) is 6.95. The van der Waals surface area contributed by atoms with Gasteiger partial charge < -0.3 is 0 Å². The van der Waals surface area contributed by atoms with Gasteiger partial charge in [-0.2, -0.15) is 47.7 Å². The minimum atomic E-state index is -4.23. The molecular formula is C7H6F3NaO3S2. The largest absolute Gasteiger partial charge is 1.00 e. The molecular weight excluding hydrogens is 276 g/mol. The van der Waals surface area contributed by atoms with E-state index in [-0.39, 0.29) is 29.6 Å². The second-order valence-corrected chi connectivity index (χ2v) is 4.43. The fourth-order valence-corrected chi connectivity index (χ4v) is 0.576. The van der Waals surface area contributed by atoms with Crippen molar-refractivity contribution >= 4 is 20.2 Å². The molecule has 2 N–H and O–H groups in total. The summed E-state index contributed by atoms with van der Waals surface area (Å²) in [5.74, 6) is 0. The predicted octanol–water partition coefficient (Wildman–Crippen LogP) is -0.812. The Labute approximate surface area is 118 Å². The van der Waals surface area contributed by atoms with Gasteiger partial charge in [0.2, 0.25) is 0 Å². The van der Waals surface area contributed by atoms with Crippen LogP contribution in [0.3, 0.4) is 0 Å². The second-order valence-electron chi connectivity index (χ2n) is 2.23. The molecule has 1 aromatic rings. The van der Waals surface area contributed by atoms with Gasteiger partial charge >= 0.3 is 35.7 Å². The summed E-state index contributed by atoms with van der Waals surface area (Å²) in [5, 5.41) is 0. The molecule has 0 spiro atoms. The molecule has 0 aliphatic heterocycles. The second kappa shape index (κ2) is 7.59. The molecule has 0 unspecified atom stereocenters. The fraction of sp³-hybridized carbons (Fsp3) is 0.143. The van der Waals surface area contributed by atoms with Gasteiger partial charge in [-0.1, -0.05) is 5.56 Å². The topological polar surface area (TPSA) is 57.5 Å². The van der Waals surface area contributed by atoms with Crippen LogP contribution in [-0.2, 0) is 26.4 Å². The van der Waals surface area contributed by atoms with Crippen LogP contribution < -0.4 is 29.6 Å². The van der Waals surface area contributed by atoms with Crippen molar-refractivity contribution < 1.29 is 56.0 Å². The van der Waals surface area contributed by atoms with E-state index in [1.165, 1.54) is 12.1 Å². The molecule has 0 bridgehead atoms. The Kier molecular flexibility index (Phi) is 8.85. The van der Waals surface area contributed by atoms with Crippen molar-refractivity contribution in [2.24, 2.45) is 0 Å². The number of hydrogen-bond donors (Lipinski definition) is 2. The van der Waals surface area contributed by atoms with Gasteiger partial charge in [-0.15, -0.1) is 0 Å². The molecule has 0 atom stereocenters. The van der Waals surface area contributed by atoms with E-state index in [1.54, 1.807) is 0 Å². The Morgan fingerprint density at radius 1 is 1.25 bits per heavy atom. The van der Waals surface area contributed by atoms with Gasteiger partial charge in [-0.05, 0) is 0 Å². The van der Waals surface area contributed by atoms with Gasteiger partial charge in [0.15, 0.2) is 0 Å². The van der Waals surface area contributed by atoms with E-state index in [0.717, 1.165) is 12.1 Å². The molecule has 0 radical (unpaired) electrons. The van der Waals surface area contributed by atoms with E-state index in [1.807, 2.05) is 0 Å². The monoisotopic (exact) mass is 282 g/mol. The van der Waals surface area contributed by atoms with E-state index in [9.17, 15) is 13.2 Å². The summed E-state index contributed by atoms with van der Waals surface area (Å²) in [4.78, 5) is 0. The molecule has 16 heavy (non-hydrogen) atoms. The van der Waals surface area contributed by atoms with Crippen LogP contribution in [0.1, 0.15) is 5.56 Å². The molecule has 0 heterocycles. The standard InChI is InChI=1S/C7H4F3.Na.H2O3S2/c8-7(9,10)6-4-2-1-3-5-6;;1-5(2,3)4/h2-5H;;(H2,1,2,3,4)/q-1;+1;. The third-order valence-corrected chi connectivity index (χ3v) is 1.05. The first-order chi connectivity index (χ1) is 6.61. The first-order valence-electron chi connectivity index (χ1n) is 3.34. The van der Waals surface area contributed by atoms with Crippen LogP contribution in [0.25, 0.3) is 0 Å². The van der Waals surface area contributed by atoms with E-state index in [2.05, 4.69) is 17.3 Å². The Morgan fingerprint density at radius 3 is 1.75 bits per heavy atom. The van der Waals surface area contributed by atoms with Gasteiger partial charge in [-0.25, -0.2) is 0 Å². The molecule has 0 aromatic heterocycles. The Morgan fingerprint density at radius 2 is 1.56 bits per heavy atom. The number of benzene rings is 1. The van der Waals surface area contributed by atoms with Crippen molar-refractivity contribution in [3.63, 3.8) is 0 Å². The van der Waals surface area contributed by atoms with Gasteiger partial charge in [-0.3, -0.25) is 9.11 Å². The van der Waals surface area contributed by atoms with Crippen LogP contribution in [-0.4, -0.2) is 13.3 Å². The Balaban J connectivity index is 0. The quantitative estimate of drug-likeness (QED) is 0.483. The molecule has 0 saturated carbocycles. The summed E-state index contributed by atoms with van der Waals surface area (Å²) in [6.45, 7) is 0. The molecule has 0 fully saturated rings. The van der Waals surface area contributed by atoms with Crippen LogP contribution in [0.2, 0.25) is 0 Å². The third kappa shape index (κ3) is 12.4. The SMILES string of the molecule is FC(F)(F)c1cc[c-]cc1.O=S(O)(O)=S.[Na+]. The fourth-order valence-electron chi connectivity index (χ4n) is 0.576. The maximum atomic E-state index is 11.8. The smallest absolute Gasteiger partial charge is 0.285 e. The van der Waals surface area contributed by atoms with Crippen molar-refractivity contribution in [3.05, 3.63) is 35.9 Å². The van der Waals surface area contributed by atoms with Crippen LogP contribution in [0.4, 0.5) is 13.2 Å². The van der Waals surface area contributed by atoms with Gasteiger partial charge in [0.25, 0.3) is 9.05 Å². The van der Waals surface area contributed by atoms with Crippen LogP contribution in [0, 0.1) is 6.07 Å². The van der Waals surface area contributed by atoms with Gasteiger partial charge in [0.05, 0.1) is 0 Å². The average molecular weight is 282 g/mol. The Hall–Kier alpha value is 0.300. The van der Waals surface area contributed by atoms with Crippen LogP contribution in [0.5, 0.6) is 0 Å². The summed E-state index contributed by atoms with van der Waals surface area (Å²) < 4.78 is 59.3. The summed E-state index contributed by atoms with van der Waals surface area (Å²) >= 11 is 3.47. The zero-order valence-electron chi connectivity index (χ0n) is 8.06. The molecule has 1 rings (SSSR count). The van der Waals surface area contributed by atoms with Crippen LogP contribution >= 0.6 is 0 Å². The molecule has 86 valence electrons. The van der Waals surface area contributed by atoms with E-state index in [4.69, 9.17) is 13.3 Å². The molecule has 0 saturated heterocycles. The predicted molar refractivity (Wildman–Crippen MR) is 51.0 cm³/mol. The molecule has 0 aliphatic carbocycles. The summed E-state index contributed by atoms with van der Waals surface area (Å²) in [7, 11) is -3.83. The number of alkyl halides is 3. The van der Waals surface area contributed by atoms with Crippen LogP contribution in [0.15, 0.2) is 24.3 Å². The molecule has 1 aromatic carbocycles. The van der Waals surface area contributed by atoms with Crippen molar-refractivity contribution in [2.45, 2.75) is 6.18 Å². The molecule has 0 aliphatic rings. The summed E-state index contributed by atoms with van der Waals surface area (Å²) in [5.41, 5.74) is -0.633. The first-order valence-corrected chi connectivity index (χ1v) is 5.73. The van der Waals surface area contributed by atoms with E-state index >= 15 is 0 Å². The van der Waals surface area contributed by atoms with E-state index in [0.29, 0.717) is 0 Å². The van der Waals surface area contributed by atoms with Crippen molar-refractivity contribution in [2.75, 3.05) is 0 Å². The summed E-state index contributed by atoms with van der Waals surface area (Å²) in [6.07, 6.45) is -4.23. The molecule has 0 amide bonds.